The van der Waals surface area contributed by atoms with Gasteiger partial charge < -0.3 is 19.5 Å². The van der Waals surface area contributed by atoms with Crippen molar-refractivity contribution in [1.82, 2.24) is 0 Å². The highest BCUT2D eigenvalue weighted by atomic mass is 35.5. The van der Waals surface area contributed by atoms with Gasteiger partial charge in [-0.15, -0.1) is 0 Å². The van der Waals surface area contributed by atoms with Crippen LogP contribution in [0.1, 0.15) is 18.9 Å². The Morgan fingerprint density at radius 1 is 1.03 bits per heavy atom. The maximum Gasteiger partial charge on any atom is 0.333 e. The third-order valence-electron chi connectivity index (χ3n) is 5.49. The van der Waals surface area contributed by atoms with Gasteiger partial charge in [0.2, 0.25) is 0 Å². The molecule has 34 heavy (non-hydrogen) atoms. The van der Waals surface area contributed by atoms with Crippen molar-refractivity contribution in [3.05, 3.63) is 77.3 Å². The van der Waals surface area contributed by atoms with Crippen LogP contribution in [-0.2, 0) is 26.8 Å². The van der Waals surface area contributed by atoms with Crippen LogP contribution in [0.5, 0.6) is 5.75 Å². The Morgan fingerprint density at radius 2 is 1.76 bits per heavy atom. The number of hydrogen-bond donors (Lipinski definition) is 1. The van der Waals surface area contributed by atoms with Gasteiger partial charge in [0.15, 0.2) is 6.10 Å². The zero-order valence-corrected chi connectivity index (χ0v) is 20.3. The summed E-state index contributed by atoms with van der Waals surface area (Å²) in [6.07, 6.45) is 0.211. The van der Waals surface area contributed by atoms with Gasteiger partial charge in [0.05, 0.1) is 38.5 Å². The molecule has 4 rings (SSSR count). The average molecular weight is 500 g/mol. The van der Waals surface area contributed by atoms with E-state index in [1.54, 1.807) is 6.07 Å². The van der Waals surface area contributed by atoms with Crippen LogP contribution in [-0.4, -0.2) is 41.1 Å². The second-order valence-corrected chi connectivity index (χ2v) is 9.75. The first-order valence-electron chi connectivity index (χ1n) is 11.1. The lowest BCUT2D eigenvalue weighted by Crippen LogP contribution is -2.28. The monoisotopic (exact) mass is 499 g/mol. The fourth-order valence-electron chi connectivity index (χ4n) is 3.85. The summed E-state index contributed by atoms with van der Waals surface area (Å²) >= 11 is 6.24. The Hall–Kier alpha value is -2.87. The van der Waals surface area contributed by atoms with Crippen molar-refractivity contribution in [2.75, 3.05) is 24.7 Å². The second-order valence-electron chi connectivity index (χ2n) is 7.89. The number of anilines is 2. The largest absolute Gasteiger partial charge is 0.492 e. The maximum absolute atomic E-state index is 13.0. The Balaban J connectivity index is 1.43. The summed E-state index contributed by atoms with van der Waals surface area (Å²) < 4.78 is 24.4. The number of rotatable bonds is 10. The molecule has 0 radical (unpaired) electrons. The van der Waals surface area contributed by atoms with Crippen LogP contribution in [0.3, 0.4) is 0 Å². The number of para-hydroxylation sites is 1. The molecule has 0 spiro atoms. The number of aliphatic carboxylic acids is 1. The molecule has 1 aliphatic rings. The molecule has 8 heteroatoms. The van der Waals surface area contributed by atoms with E-state index in [0.717, 1.165) is 33.2 Å². The molecule has 0 bridgehead atoms. The maximum atomic E-state index is 13.0. The Labute approximate surface area is 206 Å². The Bertz CT molecular complexity index is 1180. The van der Waals surface area contributed by atoms with Gasteiger partial charge >= 0.3 is 5.97 Å². The fraction of sp³-hybridized carbons (Fsp3) is 0.269. The van der Waals surface area contributed by atoms with Crippen LogP contribution < -0.4 is 9.64 Å². The highest BCUT2D eigenvalue weighted by Gasteiger charge is 2.28. The molecule has 0 fully saturated rings. The number of benzene rings is 3. The van der Waals surface area contributed by atoms with Crippen molar-refractivity contribution in [3.8, 4) is 5.75 Å². The molecule has 0 aliphatic carbocycles. The number of carbonyl (C=O) groups is 1. The molecule has 0 amide bonds. The van der Waals surface area contributed by atoms with Crippen LogP contribution >= 0.6 is 11.6 Å². The SMILES string of the molecule is CCCOC(Cc1ccc(OCCN2c3ccccc3S(=O)c3ccc(Cl)cc32)cc1)C(=O)O. The zero-order chi connectivity index (χ0) is 24.1. The highest BCUT2D eigenvalue weighted by Crippen LogP contribution is 2.42. The first-order valence-corrected chi connectivity index (χ1v) is 12.6. The number of halogens is 1. The highest BCUT2D eigenvalue weighted by molar-refractivity contribution is 7.85. The minimum absolute atomic E-state index is 0.300. The molecule has 0 aromatic heterocycles. The van der Waals surface area contributed by atoms with Crippen molar-refractivity contribution >= 4 is 39.7 Å². The molecular formula is C26H26ClNO5S. The quantitative estimate of drug-likeness (QED) is 0.399. The summed E-state index contributed by atoms with van der Waals surface area (Å²) in [7, 11) is -1.27. The van der Waals surface area contributed by atoms with Gasteiger partial charge in [-0.05, 0) is 54.4 Å². The van der Waals surface area contributed by atoms with Crippen molar-refractivity contribution in [1.29, 1.82) is 0 Å². The first-order chi connectivity index (χ1) is 16.5. The van der Waals surface area contributed by atoms with Crippen LogP contribution in [0, 0.1) is 0 Å². The number of ether oxygens (including phenoxy) is 2. The molecular weight excluding hydrogens is 474 g/mol. The van der Waals surface area contributed by atoms with Crippen LogP contribution in [0.2, 0.25) is 5.02 Å². The van der Waals surface area contributed by atoms with E-state index < -0.39 is 22.9 Å². The van der Waals surface area contributed by atoms with E-state index in [4.69, 9.17) is 21.1 Å². The van der Waals surface area contributed by atoms with Crippen LogP contribution in [0.4, 0.5) is 11.4 Å². The Morgan fingerprint density at radius 3 is 2.50 bits per heavy atom. The van der Waals surface area contributed by atoms with Gasteiger partial charge in [0.25, 0.3) is 0 Å². The lowest BCUT2D eigenvalue weighted by Gasteiger charge is -2.32. The average Bonchev–Trinajstić information content (AvgIpc) is 2.84. The molecule has 1 N–H and O–H groups in total. The topological polar surface area (TPSA) is 76.1 Å². The molecule has 1 heterocycles. The molecule has 6 nitrogen and oxygen atoms in total. The predicted octanol–water partition coefficient (Wildman–Crippen LogP) is 5.46. The van der Waals surface area contributed by atoms with E-state index in [1.807, 2.05) is 67.6 Å². The van der Waals surface area contributed by atoms with E-state index in [1.165, 1.54) is 0 Å². The third-order valence-corrected chi connectivity index (χ3v) is 7.22. The summed E-state index contributed by atoms with van der Waals surface area (Å²) in [6, 6.07) is 20.4. The van der Waals surface area contributed by atoms with Crippen molar-refractivity contribution in [3.63, 3.8) is 0 Å². The molecule has 3 aromatic rings. The normalized spacial score (nSPS) is 15.4. The van der Waals surface area contributed by atoms with Crippen molar-refractivity contribution < 1.29 is 23.6 Å². The van der Waals surface area contributed by atoms with Gasteiger partial charge in [-0.1, -0.05) is 42.8 Å². The summed E-state index contributed by atoms with van der Waals surface area (Å²) in [5.74, 6) is -0.276. The summed E-state index contributed by atoms with van der Waals surface area (Å²) in [4.78, 5) is 15.0. The van der Waals surface area contributed by atoms with Crippen molar-refractivity contribution in [2.45, 2.75) is 35.7 Å². The summed E-state index contributed by atoms with van der Waals surface area (Å²) in [5, 5.41) is 9.93. The molecule has 2 atom stereocenters. The van der Waals surface area contributed by atoms with Gasteiger partial charge in [-0.25, -0.2) is 9.00 Å². The second kappa shape index (κ2) is 11.0. The molecule has 2 unspecified atom stereocenters. The number of nitrogens with zero attached hydrogens (tertiary/aromatic N) is 1. The van der Waals surface area contributed by atoms with E-state index in [0.29, 0.717) is 37.0 Å². The molecule has 0 saturated carbocycles. The molecule has 3 aromatic carbocycles. The molecule has 1 aliphatic heterocycles. The number of hydrogen-bond acceptors (Lipinski definition) is 5. The van der Waals surface area contributed by atoms with Crippen LogP contribution in [0.15, 0.2) is 76.5 Å². The standard InChI is InChI=1S/C26H26ClNO5S/c1-2-14-33-23(26(29)30)16-18-7-10-20(11-8-18)32-15-13-28-21-5-3-4-6-24(21)34(31)25-12-9-19(27)17-22(25)28/h3-12,17,23H,2,13-16H2,1H3,(H,29,30). The van der Waals surface area contributed by atoms with Crippen LogP contribution in [0.25, 0.3) is 0 Å². The smallest absolute Gasteiger partial charge is 0.333 e. The fourth-order valence-corrected chi connectivity index (χ4v) is 5.38. The van der Waals surface area contributed by atoms with E-state index in [-0.39, 0.29) is 0 Å². The lowest BCUT2D eigenvalue weighted by molar-refractivity contribution is -0.150. The molecule has 0 saturated heterocycles. The predicted molar refractivity (Wildman–Crippen MR) is 133 cm³/mol. The van der Waals surface area contributed by atoms with E-state index in [2.05, 4.69) is 4.90 Å². The molecule has 178 valence electrons. The minimum atomic E-state index is -1.27. The third kappa shape index (κ3) is 5.43. The van der Waals surface area contributed by atoms with E-state index in [9.17, 15) is 14.1 Å². The minimum Gasteiger partial charge on any atom is -0.492 e. The van der Waals surface area contributed by atoms with Gasteiger partial charge in [0.1, 0.15) is 12.4 Å². The zero-order valence-electron chi connectivity index (χ0n) is 18.8. The van der Waals surface area contributed by atoms with E-state index >= 15 is 0 Å². The number of fused-ring (bicyclic) bond motifs is 2. The van der Waals surface area contributed by atoms with Gasteiger partial charge in [0, 0.05) is 18.1 Å². The summed E-state index contributed by atoms with van der Waals surface area (Å²) in [5.41, 5.74) is 2.56. The van der Waals surface area contributed by atoms with Crippen molar-refractivity contribution in [2.24, 2.45) is 0 Å². The Kier molecular flexibility index (Phi) is 7.88. The number of carboxylic acid groups (broad SMARTS) is 1. The lowest BCUT2D eigenvalue weighted by atomic mass is 10.1. The van der Waals surface area contributed by atoms with Gasteiger partial charge in [-0.2, -0.15) is 0 Å². The summed E-state index contributed by atoms with van der Waals surface area (Å²) in [6.45, 7) is 3.29. The number of carboxylic acids is 1. The first kappa shape index (κ1) is 24.3. The van der Waals surface area contributed by atoms with Gasteiger partial charge in [-0.3, -0.25) is 0 Å².